The molecule has 0 aliphatic heterocycles. The van der Waals surface area contributed by atoms with E-state index in [-0.39, 0.29) is 97.5 Å². The normalized spacial score (nSPS) is 31.0. The van der Waals surface area contributed by atoms with E-state index in [1.165, 1.54) is 12.1 Å². The first kappa shape index (κ1) is 38.4. The number of esters is 2. The van der Waals surface area contributed by atoms with Gasteiger partial charge in [0.15, 0.2) is 23.1 Å². The van der Waals surface area contributed by atoms with Gasteiger partial charge in [-0.3, -0.25) is 24.0 Å². The molecule has 6 aliphatic carbocycles. The number of fused-ring (bicyclic) bond motifs is 9. The number of hydrogen-bond acceptors (Lipinski definition) is 9. The standard InChI is InChI=1S/C51H46O9/c1-26(52)40-18-19-41-37-17-14-29-24-30(59-48(57)27-12-15-35-38(22-27)46(55)33-10-6-4-8-31(33)44(35)53)20-21-50(29,2)42(37)25-43(51(40,41)3)60-49(58)28-13-16-36-39(23-28)47(56)34-11-7-5-9-32(34)45(36)54/h4-13,15-16,22-23,29-30,37,40-43H,14,17-21,24-25H2,1-3H3/t29-,30-,37+,40+,41-,42-,43+,50+,51-/m1/s1. The van der Waals surface area contributed by atoms with Crippen LogP contribution in [0.4, 0.5) is 0 Å². The Morgan fingerprint density at radius 2 is 1.05 bits per heavy atom. The summed E-state index contributed by atoms with van der Waals surface area (Å²) in [6, 6.07) is 22.6. The molecule has 4 fully saturated rings. The molecule has 6 aliphatic rings. The van der Waals surface area contributed by atoms with Crippen LogP contribution in [0.2, 0.25) is 0 Å². The monoisotopic (exact) mass is 802 g/mol. The van der Waals surface area contributed by atoms with Crippen LogP contribution in [0.3, 0.4) is 0 Å². The van der Waals surface area contributed by atoms with Crippen LogP contribution in [0.5, 0.6) is 0 Å². The molecule has 0 aromatic heterocycles. The number of rotatable bonds is 5. The molecule has 0 unspecified atom stereocenters. The van der Waals surface area contributed by atoms with E-state index >= 15 is 0 Å². The average molecular weight is 803 g/mol. The quantitative estimate of drug-likeness (QED) is 0.157. The molecule has 0 bridgehead atoms. The second-order valence-electron chi connectivity index (χ2n) is 18.6. The lowest BCUT2D eigenvalue weighted by atomic mass is 9.44. The van der Waals surface area contributed by atoms with Gasteiger partial charge in [-0.1, -0.05) is 62.4 Å². The summed E-state index contributed by atoms with van der Waals surface area (Å²) in [5.41, 5.74) is 2.06. The molecule has 0 N–H and O–H groups in total. The molecule has 9 atom stereocenters. The summed E-state index contributed by atoms with van der Waals surface area (Å²) in [4.78, 5) is 94.5. The molecule has 0 saturated heterocycles. The van der Waals surface area contributed by atoms with Crippen molar-refractivity contribution in [1.29, 1.82) is 0 Å². The average Bonchev–Trinajstić information content (AvgIpc) is 3.63. The Hall–Kier alpha value is -5.83. The number of Topliss-reactive ketones (excluding diaryl/α,β-unsaturated/α-hetero) is 1. The van der Waals surface area contributed by atoms with Crippen molar-refractivity contribution in [3.05, 3.63) is 141 Å². The Labute approximate surface area is 348 Å². The zero-order valence-electron chi connectivity index (χ0n) is 34.0. The van der Waals surface area contributed by atoms with Crippen LogP contribution < -0.4 is 0 Å². The van der Waals surface area contributed by atoms with Gasteiger partial charge in [0.2, 0.25) is 0 Å². The predicted octanol–water partition coefficient (Wildman–Crippen LogP) is 8.85. The van der Waals surface area contributed by atoms with E-state index in [0.29, 0.717) is 47.4 Å². The number of hydrogen-bond donors (Lipinski definition) is 0. The van der Waals surface area contributed by atoms with Gasteiger partial charge in [0, 0.05) is 55.8 Å². The molecule has 0 spiro atoms. The molecule has 60 heavy (non-hydrogen) atoms. The molecule has 4 aromatic rings. The number of carbonyl (C=O) groups is 7. The third-order valence-corrected chi connectivity index (χ3v) is 16.0. The van der Waals surface area contributed by atoms with Crippen LogP contribution >= 0.6 is 0 Å². The summed E-state index contributed by atoms with van der Waals surface area (Å²) in [7, 11) is 0. The summed E-state index contributed by atoms with van der Waals surface area (Å²) in [5, 5.41) is 0. The first-order valence-electron chi connectivity index (χ1n) is 21.4. The molecule has 9 heteroatoms. The first-order valence-corrected chi connectivity index (χ1v) is 21.4. The summed E-state index contributed by atoms with van der Waals surface area (Å²) in [6.07, 6.45) is 5.47. The third kappa shape index (κ3) is 5.60. The van der Waals surface area contributed by atoms with Gasteiger partial charge < -0.3 is 9.47 Å². The minimum atomic E-state index is -0.569. The zero-order chi connectivity index (χ0) is 41.8. The highest BCUT2D eigenvalue weighted by atomic mass is 16.5. The first-order chi connectivity index (χ1) is 28.8. The highest BCUT2D eigenvalue weighted by molar-refractivity contribution is 6.29. The van der Waals surface area contributed by atoms with Crippen LogP contribution in [-0.4, -0.2) is 53.1 Å². The van der Waals surface area contributed by atoms with E-state index in [4.69, 9.17) is 9.47 Å². The molecular formula is C51H46O9. The van der Waals surface area contributed by atoms with E-state index in [2.05, 4.69) is 13.8 Å². The summed E-state index contributed by atoms with van der Waals surface area (Å²) in [5.74, 6) is -1.32. The van der Waals surface area contributed by atoms with Gasteiger partial charge in [-0.25, -0.2) is 9.59 Å². The minimum Gasteiger partial charge on any atom is -0.459 e. The Bertz CT molecular complexity index is 2600. The Morgan fingerprint density at radius 1 is 0.550 bits per heavy atom. The van der Waals surface area contributed by atoms with Crippen molar-refractivity contribution in [3.8, 4) is 0 Å². The summed E-state index contributed by atoms with van der Waals surface area (Å²) < 4.78 is 12.7. The number of benzene rings is 4. The van der Waals surface area contributed by atoms with Gasteiger partial charge in [0.05, 0.1) is 11.1 Å². The molecule has 0 radical (unpaired) electrons. The molecule has 9 nitrogen and oxygen atoms in total. The van der Waals surface area contributed by atoms with E-state index in [0.717, 1.165) is 32.1 Å². The van der Waals surface area contributed by atoms with Crippen molar-refractivity contribution in [2.75, 3.05) is 0 Å². The molecule has 4 saturated carbocycles. The molecule has 0 amide bonds. The Morgan fingerprint density at radius 3 is 1.58 bits per heavy atom. The lowest BCUT2D eigenvalue weighted by molar-refractivity contribution is -0.175. The van der Waals surface area contributed by atoms with E-state index in [9.17, 15) is 33.6 Å². The lowest BCUT2D eigenvalue weighted by Gasteiger charge is -2.62. The van der Waals surface area contributed by atoms with Crippen LogP contribution in [0.25, 0.3) is 0 Å². The van der Waals surface area contributed by atoms with Gasteiger partial charge >= 0.3 is 11.9 Å². The summed E-state index contributed by atoms with van der Waals surface area (Å²) >= 11 is 0. The highest BCUT2D eigenvalue weighted by Gasteiger charge is 2.65. The second-order valence-corrected chi connectivity index (χ2v) is 18.6. The number of ketones is 5. The predicted molar refractivity (Wildman–Crippen MR) is 219 cm³/mol. The Balaban J connectivity index is 0.881. The van der Waals surface area contributed by atoms with Gasteiger partial charge in [-0.15, -0.1) is 0 Å². The molecule has 304 valence electrons. The maximum atomic E-state index is 14.2. The molecular weight excluding hydrogens is 757 g/mol. The van der Waals surface area contributed by atoms with Crippen LogP contribution in [0.15, 0.2) is 84.9 Å². The van der Waals surface area contributed by atoms with E-state index < -0.39 is 23.5 Å². The fraction of sp³-hybridized carbons (Fsp3) is 0.392. The van der Waals surface area contributed by atoms with Crippen molar-refractivity contribution < 1.29 is 43.0 Å². The number of ether oxygens (including phenoxy) is 2. The lowest BCUT2D eigenvalue weighted by Crippen LogP contribution is -2.59. The van der Waals surface area contributed by atoms with Crippen LogP contribution in [0, 0.1) is 40.4 Å². The van der Waals surface area contributed by atoms with Crippen LogP contribution in [0.1, 0.15) is 157 Å². The van der Waals surface area contributed by atoms with Gasteiger partial charge in [-0.2, -0.15) is 0 Å². The van der Waals surface area contributed by atoms with Crippen molar-refractivity contribution in [2.24, 2.45) is 40.4 Å². The van der Waals surface area contributed by atoms with Crippen LogP contribution in [-0.2, 0) is 14.3 Å². The summed E-state index contributed by atoms with van der Waals surface area (Å²) in [6.45, 7) is 6.14. The van der Waals surface area contributed by atoms with E-state index in [1.54, 1.807) is 79.7 Å². The van der Waals surface area contributed by atoms with Crippen molar-refractivity contribution in [3.63, 3.8) is 0 Å². The fourth-order valence-electron chi connectivity index (χ4n) is 13.0. The van der Waals surface area contributed by atoms with E-state index in [1.807, 2.05) is 0 Å². The molecule has 10 rings (SSSR count). The van der Waals surface area contributed by atoms with Gasteiger partial charge in [-0.05, 0) is 124 Å². The van der Waals surface area contributed by atoms with Crippen molar-refractivity contribution in [1.82, 2.24) is 0 Å². The molecule has 4 aromatic carbocycles. The van der Waals surface area contributed by atoms with Gasteiger partial charge in [0.25, 0.3) is 0 Å². The minimum absolute atomic E-state index is 0.109. The van der Waals surface area contributed by atoms with Crippen molar-refractivity contribution in [2.45, 2.75) is 84.3 Å². The molecule has 0 heterocycles. The smallest absolute Gasteiger partial charge is 0.338 e. The third-order valence-electron chi connectivity index (χ3n) is 16.0. The second kappa shape index (κ2) is 13.9. The number of carbonyl (C=O) groups excluding carboxylic acids is 7. The van der Waals surface area contributed by atoms with Gasteiger partial charge in [0.1, 0.15) is 18.0 Å². The highest BCUT2D eigenvalue weighted by Crippen LogP contribution is 2.68. The topological polar surface area (TPSA) is 138 Å². The SMILES string of the molecule is CC(=O)[C@@H]1CC[C@@H]2[C@@H]3CC[C@@H]4C[C@H](OC(=O)c5ccc6c(c5)C(=O)c5ccccc5C6=O)CC[C@]4(C)[C@@H]3C[C@H](OC(=O)c3ccc4c(c3)C(=O)c3ccccc3C4=O)[C@@]21C. The fourth-order valence-corrected chi connectivity index (χ4v) is 13.0. The Kier molecular flexibility index (Phi) is 8.87. The maximum Gasteiger partial charge on any atom is 0.338 e. The zero-order valence-corrected chi connectivity index (χ0v) is 34.0. The maximum absolute atomic E-state index is 14.2. The largest absolute Gasteiger partial charge is 0.459 e. The van der Waals surface area contributed by atoms with Crippen molar-refractivity contribution >= 4 is 40.9 Å².